The lowest BCUT2D eigenvalue weighted by Crippen LogP contribution is -2.18. The molecule has 1 aliphatic heterocycles. The molecule has 4 heteroatoms. The lowest BCUT2D eigenvalue weighted by atomic mass is 9.79. The fourth-order valence-electron chi connectivity index (χ4n) is 1.28. The quantitative estimate of drug-likeness (QED) is 0.656. The van der Waals surface area contributed by atoms with Gasteiger partial charge in [0.2, 0.25) is 0 Å². The molecule has 0 amide bonds. The number of benzene rings is 1. The Hall–Kier alpha value is -0.705. The molecule has 0 radical (unpaired) electrons. The molecule has 0 aliphatic carbocycles. The zero-order valence-corrected chi connectivity index (χ0v) is 7.79. The third-order valence-corrected chi connectivity index (χ3v) is 3.15. The van der Waals surface area contributed by atoms with Gasteiger partial charge in [0.15, 0.2) is 0 Å². The van der Waals surface area contributed by atoms with Crippen LogP contribution >= 0.6 is 11.8 Å². The van der Waals surface area contributed by atoms with Crippen LogP contribution in [-0.4, -0.2) is 22.9 Å². The SMILES string of the molecule is OB(O)C1=Cc2ccccc2SC1. The smallest absolute Gasteiger partial charge is 0.423 e. The zero-order valence-electron chi connectivity index (χ0n) is 6.97. The molecule has 1 aliphatic rings. The highest BCUT2D eigenvalue weighted by molar-refractivity contribution is 7.99. The van der Waals surface area contributed by atoms with Crippen LogP contribution in [0.3, 0.4) is 0 Å². The van der Waals surface area contributed by atoms with Crippen LogP contribution in [0.2, 0.25) is 0 Å². The first-order chi connectivity index (χ1) is 6.27. The van der Waals surface area contributed by atoms with Gasteiger partial charge >= 0.3 is 7.12 Å². The van der Waals surface area contributed by atoms with Gasteiger partial charge in [-0.1, -0.05) is 24.3 Å². The largest absolute Gasteiger partial charge is 0.485 e. The van der Waals surface area contributed by atoms with Gasteiger partial charge in [-0.25, -0.2) is 0 Å². The van der Waals surface area contributed by atoms with Gasteiger partial charge in [0.25, 0.3) is 0 Å². The van der Waals surface area contributed by atoms with Crippen molar-refractivity contribution in [2.75, 3.05) is 5.75 Å². The van der Waals surface area contributed by atoms with Crippen molar-refractivity contribution >= 4 is 25.0 Å². The summed E-state index contributed by atoms with van der Waals surface area (Å²) < 4.78 is 0. The molecule has 1 aromatic rings. The second-order valence-electron chi connectivity index (χ2n) is 2.92. The molecule has 1 heterocycles. The monoisotopic (exact) mass is 192 g/mol. The van der Waals surface area contributed by atoms with Gasteiger partial charge < -0.3 is 10.0 Å². The molecule has 2 rings (SSSR count). The minimum absolute atomic E-state index is 0.661. The average molecular weight is 192 g/mol. The maximum Gasteiger partial charge on any atom is 0.485 e. The van der Waals surface area contributed by atoms with E-state index in [1.807, 2.05) is 30.3 Å². The number of hydrogen-bond donors (Lipinski definition) is 2. The highest BCUT2D eigenvalue weighted by atomic mass is 32.2. The summed E-state index contributed by atoms with van der Waals surface area (Å²) in [6.07, 6.45) is 1.84. The first kappa shape index (κ1) is 8.87. The van der Waals surface area contributed by atoms with E-state index in [0.717, 1.165) is 5.56 Å². The fourth-order valence-corrected chi connectivity index (χ4v) is 2.31. The van der Waals surface area contributed by atoms with E-state index in [0.29, 0.717) is 11.2 Å². The Morgan fingerprint density at radius 2 is 2.00 bits per heavy atom. The van der Waals surface area contributed by atoms with Crippen molar-refractivity contribution in [1.29, 1.82) is 0 Å². The summed E-state index contributed by atoms with van der Waals surface area (Å²) in [4.78, 5) is 1.20. The second-order valence-corrected chi connectivity index (χ2v) is 3.94. The van der Waals surface area contributed by atoms with E-state index >= 15 is 0 Å². The molecule has 0 saturated carbocycles. The number of rotatable bonds is 1. The van der Waals surface area contributed by atoms with Crippen LogP contribution < -0.4 is 0 Å². The van der Waals surface area contributed by atoms with E-state index in [9.17, 15) is 0 Å². The zero-order chi connectivity index (χ0) is 9.26. The first-order valence-corrected chi connectivity index (χ1v) is 5.04. The summed E-state index contributed by atoms with van der Waals surface area (Å²) in [5, 5.41) is 18.0. The molecule has 0 fully saturated rings. The predicted molar refractivity (Wildman–Crippen MR) is 55.3 cm³/mol. The predicted octanol–water partition coefficient (Wildman–Crippen LogP) is 1.19. The molecular weight excluding hydrogens is 183 g/mol. The normalized spacial score (nSPS) is 14.8. The van der Waals surface area contributed by atoms with Gasteiger partial charge in [-0.2, -0.15) is 0 Å². The van der Waals surface area contributed by atoms with Crippen molar-refractivity contribution in [1.82, 2.24) is 0 Å². The lowest BCUT2D eigenvalue weighted by molar-refractivity contribution is 0.419. The second kappa shape index (κ2) is 3.58. The topological polar surface area (TPSA) is 40.5 Å². The van der Waals surface area contributed by atoms with Gasteiger partial charge in [-0.3, -0.25) is 0 Å². The summed E-state index contributed by atoms with van der Waals surface area (Å²) >= 11 is 1.64. The van der Waals surface area contributed by atoms with E-state index in [-0.39, 0.29) is 0 Å². The maximum absolute atomic E-state index is 8.98. The van der Waals surface area contributed by atoms with Crippen molar-refractivity contribution in [3.63, 3.8) is 0 Å². The maximum atomic E-state index is 8.98. The standard InChI is InChI=1S/C9H9BO2S/c11-10(12)8-5-7-3-1-2-4-9(7)13-6-8/h1-5,11-12H,6H2. The highest BCUT2D eigenvalue weighted by Crippen LogP contribution is 2.31. The Balaban J connectivity index is 2.38. The molecule has 0 bridgehead atoms. The Kier molecular flexibility index (Phi) is 2.44. The molecule has 0 saturated heterocycles. The Bertz CT molecular complexity index is 349. The van der Waals surface area contributed by atoms with Gasteiger partial charge in [0.1, 0.15) is 0 Å². The highest BCUT2D eigenvalue weighted by Gasteiger charge is 2.19. The molecule has 0 aromatic heterocycles. The Morgan fingerprint density at radius 3 is 2.77 bits per heavy atom. The van der Waals surface area contributed by atoms with E-state index in [4.69, 9.17) is 10.0 Å². The van der Waals surface area contributed by atoms with Gasteiger partial charge in [-0.15, -0.1) is 11.8 Å². The summed E-state index contributed by atoms with van der Waals surface area (Å²) in [5.74, 6) is 0.661. The molecule has 1 aromatic carbocycles. The summed E-state index contributed by atoms with van der Waals surface area (Å²) in [5.41, 5.74) is 1.74. The van der Waals surface area contributed by atoms with Gasteiger partial charge in [-0.05, 0) is 17.1 Å². The Labute approximate surface area is 81.4 Å². The van der Waals surface area contributed by atoms with Crippen LogP contribution in [0, 0.1) is 0 Å². The molecule has 13 heavy (non-hydrogen) atoms. The van der Waals surface area contributed by atoms with E-state index in [1.165, 1.54) is 4.90 Å². The average Bonchev–Trinajstić information content (AvgIpc) is 2.17. The molecule has 66 valence electrons. The molecule has 2 nitrogen and oxygen atoms in total. The lowest BCUT2D eigenvalue weighted by Gasteiger charge is -2.14. The van der Waals surface area contributed by atoms with Crippen molar-refractivity contribution in [3.8, 4) is 0 Å². The summed E-state index contributed by atoms with van der Waals surface area (Å²) in [7, 11) is -1.32. The van der Waals surface area contributed by atoms with Crippen molar-refractivity contribution in [2.45, 2.75) is 4.90 Å². The van der Waals surface area contributed by atoms with Crippen molar-refractivity contribution < 1.29 is 10.0 Å². The molecule has 0 spiro atoms. The van der Waals surface area contributed by atoms with E-state index in [1.54, 1.807) is 11.8 Å². The Morgan fingerprint density at radius 1 is 1.23 bits per heavy atom. The third-order valence-electron chi connectivity index (χ3n) is 1.99. The molecular formula is C9H9BO2S. The molecule has 0 unspecified atom stereocenters. The number of fused-ring (bicyclic) bond motifs is 1. The summed E-state index contributed by atoms with van der Waals surface area (Å²) in [6, 6.07) is 7.95. The van der Waals surface area contributed by atoms with Crippen LogP contribution in [-0.2, 0) is 0 Å². The van der Waals surface area contributed by atoms with E-state index < -0.39 is 7.12 Å². The minimum Gasteiger partial charge on any atom is -0.423 e. The fraction of sp³-hybridized carbons (Fsp3) is 0.111. The third kappa shape index (κ3) is 1.80. The van der Waals surface area contributed by atoms with E-state index in [2.05, 4.69) is 0 Å². The number of thioether (sulfide) groups is 1. The first-order valence-electron chi connectivity index (χ1n) is 4.06. The van der Waals surface area contributed by atoms with Crippen LogP contribution in [0.25, 0.3) is 6.08 Å². The van der Waals surface area contributed by atoms with Crippen molar-refractivity contribution in [3.05, 3.63) is 35.3 Å². The summed E-state index contributed by atoms with van der Waals surface area (Å²) in [6.45, 7) is 0. The molecule has 0 atom stereocenters. The van der Waals surface area contributed by atoms with Crippen LogP contribution in [0.5, 0.6) is 0 Å². The molecule has 2 N–H and O–H groups in total. The van der Waals surface area contributed by atoms with Crippen LogP contribution in [0.1, 0.15) is 5.56 Å². The minimum atomic E-state index is -1.32. The van der Waals surface area contributed by atoms with Crippen molar-refractivity contribution in [2.24, 2.45) is 0 Å². The number of hydrogen-bond acceptors (Lipinski definition) is 3. The van der Waals surface area contributed by atoms with Crippen LogP contribution in [0.15, 0.2) is 34.6 Å². The van der Waals surface area contributed by atoms with Crippen LogP contribution in [0.4, 0.5) is 0 Å². The van der Waals surface area contributed by atoms with Gasteiger partial charge in [0, 0.05) is 10.6 Å². The van der Waals surface area contributed by atoms with Gasteiger partial charge in [0.05, 0.1) is 0 Å².